The van der Waals surface area contributed by atoms with Crippen molar-refractivity contribution in [2.75, 3.05) is 37.0 Å². The van der Waals surface area contributed by atoms with E-state index in [9.17, 15) is 0 Å². The van der Waals surface area contributed by atoms with E-state index in [1.807, 2.05) is 11.5 Å². The molecular formula is C22H29N7S2. The number of anilines is 1. The molecule has 7 nitrogen and oxygen atoms in total. The maximum Gasteiger partial charge on any atom is 0.191 e. The van der Waals surface area contributed by atoms with Gasteiger partial charge >= 0.3 is 0 Å². The van der Waals surface area contributed by atoms with Crippen molar-refractivity contribution in [2.45, 2.75) is 32.1 Å². The minimum absolute atomic E-state index is 0.475. The van der Waals surface area contributed by atoms with Crippen molar-refractivity contribution in [3.63, 3.8) is 0 Å². The van der Waals surface area contributed by atoms with Crippen molar-refractivity contribution in [3.8, 4) is 0 Å². The smallest absolute Gasteiger partial charge is 0.191 e. The monoisotopic (exact) mass is 455 g/mol. The minimum Gasteiger partial charge on any atom is -0.356 e. The third kappa shape index (κ3) is 5.86. The molecule has 2 aromatic rings. The number of piperidine rings is 1. The van der Waals surface area contributed by atoms with E-state index in [4.69, 9.17) is 9.97 Å². The average Bonchev–Trinajstić information content (AvgIpc) is 3.26. The summed E-state index contributed by atoms with van der Waals surface area (Å²) in [6, 6.07) is 6.13. The SMILES string of the molecule is C=N/C(=C\SCNC1=NCCCN1)c1cccc(N2CCCC(c3nc(C)cs3)C2)n1. The number of hydrogen-bond acceptors (Lipinski definition) is 9. The summed E-state index contributed by atoms with van der Waals surface area (Å²) in [5, 5.41) is 12.0. The van der Waals surface area contributed by atoms with E-state index in [0.29, 0.717) is 11.8 Å². The Morgan fingerprint density at radius 1 is 1.42 bits per heavy atom. The molecule has 1 unspecified atom stereocenters. The Hall–Kier alpha value is -2.39. The van der Waals surface area contributed by atoms with Crippen molar-refractivity contribution in [1.82, 2.24) is 20.6 Å². The highest BCUT2D eigenvalue weighted by atomic mass is 32.2. The molecule has 0 radical (unpaired) electrons. The van der Waals surface area contributed by atoms with Crippen LogP contribution in [0.2, 0.25) is 0 Å². The first-order valence-corrected chi connectivity index (χ1v) is 12.6. The first-order valence-electron chi connectivity index (χ1n) is 10.7. The van der Waals surface area contributed by atoms with Gasteiger partial charge < -0.3 is 15.5 Å². The Labute approximate surface area is 192 Å². The number of rotatable bonds is 7. The molecule has 4 rings (SSSR count). The number of nitrogens with zero attached hydrogens (tertiary/aromatic N) is 5. The van der Waals surface area contributed by atoms with Crippen LogP contribution in [0.25, 0.3) is 5.70 Å². The number of aliphatic imine (C=N–C) groups is 2. The van der Waals surface area contributed by atoms with E-state index in [1.165, 1.54) is 11.4 Å². The molecule has 9 heteroatoms. The second kappa shape index (κ2) is 10.8. The minimum atomic E-state index is 0.475. The number of guanidine groups is 1. The zero-order valence-electron chi connectivity index (χ0n) is 17.9. The molecule has 0 aromatic carbocycles. The van der Waals surface area contributed by atoms with Gasteiger partial charge in [-0.15, -0.1) is 23.1 Å². The third-order valence-electron chi connectivity index (χ3n) is 5.31. The second-order valence-electron chi connectivity index (χ2n) is 7.65. The Morgan fingerprint density at radius 3 is 3.13 bits per heavy atom. The van der Waals surface area contributed by atoms with Crippen LogP contribution in [0.4, 0.5) is 5.82 Å². The van der Waals surface area contributed by atoms with Crippen LogP contribution in [0, 0.1) is 6.92 Å². The Bertz CT molecular complexity index is 953. The highest BCUT2D eigenvalue weighted by Gasteiger charge is 2.24. The lowest BCUT2D eigenvalue weighted by Crippen LogP contribution is -2.40. The van der Waals surface area contributed by atoms with Gasteiger partial charge in [-0.3, -0.25) is 9.98 Å². The van der Waals surface area contributed by atoms with Crippen molar-refractivity contribution >= 4 is 47.3 Å². The summed E-state index contributed by atoms with van der Waals surface area (Å²) < 4.78 is 0. The average molecular weight is 456 g/mol. The lowest BCUT2D eigenvalue weighted by Gasteiger charge is -2.32. The zero-order valence-corrected chi connectivity index (χ0v) is 19.5. The van der Waals surface area contributed by atoms with Gasteiger partial charge in [-0.25, -0.2) is 9.97 Å². The maximum absolute atomic E-state index is 4.91. The number of thiazole rings is 1. The topological polar surface area (TPSA) is 77.8 Å². The van der Waals surface area contributed by atoms with Crippen LogP contribution in [0.3, 0.4) is 0 Å². The number of thioether (sulfide) groups is 1. The number of nitrogens with one attached hydrogen (secondary N) is 2. The second-order valence-corrected chi connectivity index (χ2v) is 9.40. The van der Waals surface area contributed by atoms with Gasteiger partial charge in [-0.2, -0.15) is 0 Å². The largest absolute Gasteiger partial charge is 0.356 e. The number of pyridine rings is 1. The molecule has 1 saturated heterocycles. The van der Waals surface area contributed by atoms with Crippen LogP contribution < -0.4 is 15.5 Å². The summed E-state index contributed by atoms with van der Waals surface area (Å²) in [6.45, 7) is 9.65. The summed E-state index contributed by atoms with van der Waals surface area (Å²) >= 11 is 3.40. The van der Waals surface area contributed by atoms with Crippen molar-refractivity contribution in [3.05, 3.63) is 45.4 Å². The number of hydrogen-bond donors (Lipinski definition) is 2. The van der Waals surface area contributed by atoms with E-state index in [2.05, 4.69) is 56.7 Å². The molecule has 0 aliphatic carbocycles. The molecule has 1 atom stereocenters. The molecule has 0 amide bonds. The van der Waals surface area contributed by atoms with Crippen LogP contribution in [0.1, 0.15) is 41.6 Å². The molecule has 0 bridgehead atoms. The van der Waals surface area contributed by atoms with Crippen molar-refractivity contribution in [2.24, 2.45) is 9.98 Å². The molecule has 1 fully saturated rings. The van der Waals surface area contributed by atoms with Crippen LogP contribution in [0.15, 0.2) is 39.0 Å². The van der Waals surface area contributed by atoms with Crippen molar-refractivity contribution in [1.29, 1.82) is 0 Å². The van der Waals surface area contributed by atoms with Gasteiger partial charge in [0.2, 0.25) is 0 Å². The molecular weight excluding hydrogens is 426 g/mol. The summed E-state index contributed by atoms with van der Waals surface area (Å²) in [5.41, 5.74) is 2.75. The fourth-order valence-corrected chi connectivity index (χ4v) is 5.33. The third-order valence-corrected chi connectivity index (χ3v) is 7.14. The Kier molecular flexibility index (Phi) is 7.58. The van der Waals surface area contributed by atoms with Gasteiger partial charge in [-0.05, 0) is 45.0 Å². The van der Waals surface area contributed by atoms with Gasteiger partial charge in [0, 0.05) is 48.6 Å². The molecule has 0 spiro atoms. The predicted octanol–water partition coefficient (Wildman–Crippen LogP) is 3.86. The normalized spacial score (nSPS) is 19.5. The Morgan fingerprint density at radius 2 is 2.35 bits per heavy atom. The molecule has 164 valence electrons. The van der Waals surface area contributed by atoms with Gasteiger partial charge in [0.15, 0.2) is 5.96 Å². The standard InChI is InChI=1S/C22H29N7S2/c1-16-13-31-21(27-16)17-6-4-11-29(12-17)20-8-3-7-18(28-20)19(23-2)14-30-15-26-22-24-9-5-10-25-22/h3,7-8,13-14,17H,2,4-6,9-12,15H2,1H3,(H2,24,25,26)/b19-14-. The van der Waals surface area contributed by atoms with Crippen LogP contribution >= 0.6 is 23.1 Å². The number of aryl methyl sites for hydroxylation is 1. The van der Waals surface area contributed by atoms with E-state index in [1.54, 1.807) is 23.1 Å². The first kappa shape index (κ1) is 21.8. The van der Waals surface area contributed by atoms with Gasteiger partial charge in [0.05, 0.1) is 22.3 Å². The van der Waals surface area contributed by atoms with E-state index < -0.39 is 0 Å². The van der Waals surface area contributed by atoms with Gasteiger partial charge in [0.1, 0.15) is 5.82 Å². The molecule has 2 N–H and O–H groups in total. The fourth-order valence-electron chi connectivity index (χ4n) is 3.75. The summed E-state index contributed by atoms with van der Waals surface area (Å²) in [6.07, 6.45) is 3.43. The first-order chi connectivity index (χ1) is 15.2. The predicted molar refractivity (Wildman–Crippen MR) is 133 cm³/mol. The van der Waals surface area contributed by atoms with E-state index in [-0.39, 0.29) is 0 Å². The van der Waals surface area contributed by atoms with E-state index >= 15 is 0 Å². The van der Waals surface area contributed by atoms with Crippen molar-refractivity contribution < 1.29 is 0 Å². The molecule has 2 aromatic heterocycles. The highest BCUT2D eigenvalue weighted by molar-refractivity contribution is 8.02. The molecule has 2 aliphatic heterocycles. The molecule has 0 saturated carbocycles. The van der Waals surface area contributed by atoms with Gasteiger partial charge in [0.25, 0.3) is 0 Å². The lowest BCUT2D eigenvalue weighted by atomic mass is 9.98. The molecule has 31 heavy (non-hydrogen) atoms. The zero-order chi connectivity index (χ0) is 21.5. The van der Waals surface area contributed by atoms with E-state index in [0.717, 1.165) is 67.9 Å². The quantitative estimate of drug-likeness (QED) is 0.375. The fraction of sp³-hybridized carbons (Fsp3) is 0.455. The molecule has 4 heterocycles. The van der Waals surface area contributed by atoms with Crippen LogP contribution in [-0.2, 0) is 0 Å². The summed E-state index contributed by atoms with van der Waals surface area (Å²) in [5.74, 6) is 3.05. The van der Waals surface area contributed by atoms with Crippen LogP contribution in [-0.4, -0.2) is 54.7 Å². The van der Waals surface area contributed by atoms with Gasteiger partial charge in [-0.1, -0.05) is 6.07 Å². The summed E-state index contributed by atoms with van der Waals surface area (Å²) in [7, 11) is 0. The maximum atomic E-state index is 4.91. The lowest BCUT2D eigenvalue weighted by molar-refractivity contribution is 0.505. The Balaban J connectivity index is 1.40. The van der Waals surface area contributed by atoms with Crippen LogP contribution in [0.5, 0.6) is 0 Å². The summed E-state index contributed by atoms with van der Waals surface area (Å²) in [4.78, 5) is 20.6. The number of aromatic nitrogens is 2. The highest BCUT2D eigenvalue weighted by Crippen LogP contribution is 2.31. The molecule has 2 aliphatic rings.